The summed E-state index contributed by atoms with van der Waals surface area (Å²) in [4.78, 5) is 35.3. The summed E-state index contributed by atoms with van der Waals surface area (Å²) in [6.45, 7) is 1.19. The lowest BCUT2D eigenvalue weighted by Crippen LogP contribution is -2.39. The van der Waals surface area contributed by atoms with E-state index in [2.05, 4.69) is 10.6 Å². The van der Waals surface area contributed by atoms with Crippen molar-refractivity contribution < 1.29 is 23.9 Å². The quantitative estimate of drug-likeness (QED) is 0.719. The summed E-state index contributed by atoms with van der Waals surface area (Å²) in [7, 11) is 1.50. The van der Waals surface area contributed by atoms with E-state index in [0.29, 0.717) is 11.3 Å². The Morgan fingerprint density at radius 1 is 1.30 bits per heavy atom. The van der Waals surface area contributed by atoms with Gasteiger partial charge in [0.05, 0.1) is 7.11 Å². The molecule has 0 radical (unpaired) electrons. The van der Waals surface area contributed by atoms with Gasteiger partial charge in [-0.1, -0.05) is 6.07 Å². The van der Waals surface area contributed by atoms with Gasteiger partial charge in [0.2, 0.25) is 0 Å². The number of nitrogens with one attached hydrogen (secondary N) is 2. The Kier molecular flexibility index (Phi) is 5.56. The molecule has 1 fully saturated rings. The Morgan fingerprint density at radius 2 is 2.04 bits per heavy atom. The number of hydrogen-bond acceptors (Lipinski definition) is 5. The molecule has 1 aromatic carbocycles. The van der Waals surface area contributed by atoms with E-state index >= 15 is 0 Å². The molecule has 0 aromatic heterocycles. The zero-order valence-electron chi connectivity index (χ0n) is 13.1. The topological polar surface area (TPSA) is 93.7 Å². The average molecular weight is 320 g/mol. The predicted octanol–water partition coefficient (Wildman–Crippen LogP) is 0.635. The van der Waals surface area contributed by atoms with Gasteiger partial charge in [0.15, 0.2) is 6.10 Å². The van der Waals surface area contributed by atoms with Crippen molar-refractivity contribution in [2.75, 3.05) is 13.7 Å². The molecule has 0 heterocycles. The molecule has 0 aliphatic heterocycles. The molecular weight excluding hydrogens is 300 g/mol. The molecule has 7 nitrogen and oxygen atoms in total. The molecule has 0 unspecified atom stereocenters. The highest BCUT2D eigenvalue weighted by atomic mass is 16.5. The van der Waals surface area contributed by atoms with Gasteiger partial charge in [-0.2, -0.15) is 0 Å². The Labute approximate surface area is 134 Å². The fraction of sp³-hybridized carbons (Fsp3) is 0.438. The maximum absolute atomic E-state index is 11.9. The molecule has 1 aromatic rings. The van der Waals surface area contributed by atoms with E-state index < -0.39 is 18.0 Å². The lowest BCUT2D eigenvalue weighted by molar-refractivity contribution is -0.153. The third-order valence-corrected chi connectivity index (χ3v) is 3.33. The van der Waals surface area contributed by atoms with Gasteiger partial charge >= 0.3 is 5.97 Å². The summed E-state index contributed by atoms with van der Waals surface area (Å²) in [6.07, 6.45) is 1.04. The monoisotopic (exact) mass is 320 g/mol. The summed E-state index contributed by atoms with van der Waals surface area (Å²) in [5.41, 5.74) is 0.372. The van der Waals surface area contributed by atoms with Crippen LogP contribution in [0.3, 0.4) is 0 Å². The van der Waals surface area contributed by atoms with Crippen LogP contribution in [0, 0.1) is 0 Å². The number of benzene rings is 1. The second kappa shape index (κ2) is 7.62. The smallest absolute Gasteiger partial charge is 0.326 e. The maximum Gasteiger partial charge on any atom is 0.326 e. The van der Waals surface area contributed by atoms with Crippen LogP contribution in [0.15, 0.2) is 24.3 Å². The molecule has 23 heavy (non-hydrogen) atoms. The molecule has 124 valence electrons. The van der Waals surface area contributed by atoms with Gasteiger partial charge < -0.3 is 20.1 Å². The largest absolute Gasteiger partial charge is 0.497 e. The van der Waals surface area contributed by atoms with Crippen LogP contribution in [0.2, 0.25) is 0 Å². The zero-order valence-corrected chi connectivity index (χ0v) is 13.1. The summed E-state index contributed by atoms with van der Waals surface area (Å²) < 4.78 is 10.0. The third-order valence-electron chi connectivity index (χ3n) is 3.33. The van der Waals surface area contributed by atoms with Crippen LogP contribution in [0.5, 0.6) is 5.75 Å². The maximum atomic E-state index is 11.9. The molecule has 0 bridgehead atoms. The minimum atomic E-state index is -0.878. The normalized spacial score (nSPS) is 14.5. The van der Waals surface area contributed by atoms with Crippen molar-refractivity contribution in [3.63, 3.8) is 0 Å². The fourth-order valence-corrected chi connectivity index (χ4v) is 1.86. The van der Waals surface area contributed by atoms with E-state index in [1.54, 1.807) is 24.3 Å². The number of rotatable bonds is 7. The number of carbonyl (C=O) groups is 3. The van der Waals surface area contributed by atoms with Crippen molar-refractivity contribution in [1.29, 1.82) is 0 Å². The van der Waals surface area contributed by atoms with Gasteiger partial charge in [0, 0.05) is 11.6 Å². The van der Waals surface area contributed by atoms with Crippen LogP contribution in [-0.2, 0) is 14.3 Å². The molecule has 1 atom stereocenters. The molecule has 1 saturated carbocycles. The molecule has 1 aliphatic carbocycles. The van der Waals surface area contributed by atoms with Crippen molar-refractivity contribution in [3.8, 4) is 5.75 Å². The number of ether oxygens (including phenoxy) is 2. The van der Waals surface area contributed by atoms with E-state index in [1.165, 1.54) is 14.0 Å². The molecule has 0 spiro atoms. The Bertz CT molecular complexity index is 598. The van der Waals surface area contributed by atoms with Gasteiger partial charge in [-0.15, -0.1) is 0 Å². The summed E-state index contributed by atoms with van der Waals surface area (Å²) in [5.74, 6) is -0.860. The van der Waals surface area contributed by atoms with Gasteiger partial charge in [0.25, 0.3) is 11.8 Å². The lowest BCUT2D eigenvalue weighted by Gasteiger charge is -2.13. The zero-order chi connectivity index (χ0) is 16.8. The summed E-state index contributed by atoms with van der Waals surface area (Å²) >= 11 is 0. The van der Waals surface area contributed by atoms with Gasteiger partial charge in [0.1, 0.15) is 12.3 Å². The highest BCUT2D eigenvalue weighted by molar-refractivity contribution is 5.96. The standard InChI is InChI=1S/C16H20N2O5/c1-10(15(20)18-12-6-7-12)23-14(19)9-17-16(21)11-4-3-5-13(8-11)22-2/h3-5,8,10,12H,6-7,9H2,1-2H3,(H,17,21)(H,18,20)/t10-/m0/s1. The Hall–Kier alpha value is -2.57. The van der Waals surface area contributed by atoms with Crippen molar-refractivity contribution in [2.24, 2.45) is 0 Å². The number of hydrogen-bond donors (Lipinski definition) is 2. The number of carbonyl (C=O) groups excluding carboxylic acids is 3. The fourth-order valence-electron chi connectivity index (χ4n) is 1.86. The lowest BCUT2D eigenvalue weighted by atomic mass is 10.2. The molecule has 2 N–H and O–H groups in total. The van der Waals surface area contributed by atoms with E-state index in [4.69, 9.17) is 9.47 Å². The first kappa shape index (κ1) is 16.8. The number of methoxy groups -OCH3 is 1. The minimum Gasteiger partial charge on any atom is -0.497 e. The summed E-state index contributed by atoms with van der Waals surface area (Å²) in [6, 6.07) is 6.76. The van der Waals surface area contributed by atoms with Crippen molar-refractivity contribution in [2.45, 2.75) is 31.9 Å². The number of esters is 1. The van der Waals surface area contributed by atoms with Crippen molar-refractivity contribution >= 4 is 17.8 Å². The Morgan fingerprint density at radius 3 is 2.70 bits per heavy atom. The van der Waals surface area contributed by atoms with E-state index in [9.17, 15) is 14.4 Å². The highest BCUT2D eigenvalue weighted by Gasteiger charge is 2.27. The van der Waals surface area contributed by atoms with Gasteiger partial charge in [-0.25, -0.2) is 0 Å². The highest BCUT2D eigenvalue weighted by Crippen LogP contribution is 2.18. The molecule has 7 heteroatoms. The first-order valence-electron chi connectivity index (χ1n) is 7.41. The second-order valence-corrected chi connectivity index (χ2v) is 5.33. The first-order valence-corrected chi connectivity index (χ1v) is 7.41. The molecule has 2 amide bonds. The van der Waals surface area contributed by atoms with E-state index in [1.807, 2.05) is 0 Å². The van der Waals surface area contributed by atoms with Crippen LogP contribution >= 0.6 is 0 Å². The van der Waals surface area contributed by atoms with Crippen LogP contribution in [-0.4, -0.2) is 43.6 Å². The van der Waals surface area contributed by atoms with Crippen molar-refractivity contribution in [1.82, 2.24) is 10.6 Å². The van der Waals surface area contributed by atoms with E-state index in [-0.39, 0.29) is 18.5 Å². The predicted molar refractivity (Wildman–Crippen MR) is 82.0 cm³/mol. The summed E-state index contributed by atoms with van der Waals surface area (Å²) in [5, 5.41) is 5.19. The molecule has 2 rings (SSSR count). The third kappa shape index (κ3) is 5.28. The first-order chi connectivity index (χ1) is 11.0. The van der Waals surface area contributed by atoms with Crippen LogP contribution in [0.4, 0.5) is 0 Å². The molecule has 1 aliphatic rings. The van der Waals surface area contributed by atoms with Crippen molar-refractivity contribution in [3.05, 3.63) is 29.8 Å². The van der Waals surface area contributed by atoms with Crippen LogP contribution < -0.4 is 15.4 Å². The Balaban J connectivity index is 1.76. The SMILES string of the molecule is COc1cccc(C(=O)NCC(=O)O[C@@H](C)C(=O)NC2CC2)c1. The van der Waals surface area contributed by atoms with Crippen LogP contribution in [0.25, 0.3) is 0 Å². The van der Waals surface area contributed by atoms with Gasteiger partial charge in [-0.3, -0.25) is 14.4 Å². The molecular formula is C16H20N2O5. The van der Waals surface area contributed by atoms with E-state index in [0.717, 1.165) is 12.8 Å². The average Bonchev–Trinajstić information content (AvgIpc) is 3.36. The number of amides is 2. The molecule has 0 saturated heterocycles. The van der Waals surface area contributed by atoms with Gasteiger partial charge in [-0.05, 0) is 38.0 Å². The van der Waals surface area contributed by atoms with Crippen LogP contribution in [0.1, 0.15) is 30.1 Å². The minimum absolute atomic E-state index is 0.205. The second-order valence-electron chi connectivity index (χ2n) is 5.33.